The number of nitrogens with zero attached hydrogens (tertiary/aromatic N) is 1. The summed E-state index contributed by atoms with van der Waals surface area (Å²) >= 11 is 0. The molecule has 3 rings (SSSR count). The molecule has 1 saturated carbocycles. The Bertz CT molecular complexity index is 677. The summed E-state index contributed by atoms with van der Waals surface area (Å²) in [6.07, 6.45) is 3.53. The summed E-state index contributed by atoms with van der Waals surface area (Å²) in [4.78, 5) is 10.7. The van der Waals surface area contributed by atoms with Gasteiger partial charge in [0.1, 0.15) is 12.4 Å². The van der Waals surface area contributed by atoms with Crippen molar-refractivity contribution in [3.63, 3.8) is 0 Å². The third-order valence-corrected chi connectivity index (χ3v) is 4.09. The van der Waals surface area contributed by atoms with E-state index in [2.05, 4.69) is 0 Å². The molecule has 110 valence electrons. The highest BCUT2D eigenvalue weighted by atomic mass is 16.6. The molecule has 1 aliphatic carbocycles. The molecule has 0 amide bonds. The van der Waals surface area contributed by atoms with Crippen LogP contribution in [-0.2, 0) is 0 Å². The molecule has 21 heavy (non-hydrogen) atoms. The summed E-state index contributed by atoms with van der Waals surface area (Å²) < 4.78 is 5.77. The molecule has 5 nitrogen and oxygen atoms in total. The molecule has 0 heterocycles. The predicted molar refractivity (Wildman–Crippen MR) is 79.5 cm³/mol. The summed E-state index contributed by atoms with van der Waals surface area (Å²) in [6.45, 7) is 0.231. The number of non-ortho nitro benzene ring substituents is 1. The largest absolute Gasteiger partial charge is 0.490 e. The number of hydrogen-bond donors (Lipinski definition) is 1. The number of nitro benzene ring substituents is 1. The molecule has 1 N–H and O–H groups in total. The lowest BCUT2D eigenvalue weighted by molar-refractivity contribution is -0.383. The van der Waals surface area contributed by atoms with E-state index >= 15 is 0 Å². The van der Waals surface area contributed by atoms with E-state index < -0.39 is 10.5 Å². The average molecular weight is 287 g/mol. The van der Waals surface area contributed by atoms with Crippen molar-refractivity contribution in [2.75, 3.05) is 6.61 Å². The zero-order chi connectivity index (χ0) is 14.9. The number of rotatable bonds is 4. The Morgan fingerprint density at radius 3 is 2.48 bits per heavy atom. The molecule has 0 bridgehead atoms. The molecule has 0 saturated heterocycles. The van der Waals surface area contributed by atoms with Crippen LogP contribution in [0.1, 0.15) is 25.7 Å². The fraction of sp³-hybridized carbons (Fsp3) is 0.375. The number of hydrogen-bond acceptors (Lipinski definition) is 4. The molecule has 0 unspecified atom stereocenters. The highest BCUT2D eigenvalue weighted by Gasteiger charge is 2.32. The molecule has 0 spiro atoms. The number of fused-ring (bicyclic) bond motifs is 1. The molecule has 0 radical (unpaired) electrons. The van der Waals surface area contributed by atoms with Crippen molar-refractivity contribution < 1.29 is 14.8 Å². The van der Waals surface area contributed by atoms with Crippen molar-refractivity contribution in [1.29, 1.82) is 0 Å². The van der Waals surface area contributed by atoms with Crippen LogP contribution in [0.5, 0.6) is 5.75 Å². The summed E-state index contributed by atoms with van der Waals surface area (Å²) in [5.74, 6) is 0.580. The molecular formula is C16H17NO4. The van der Waals surface area contributed by atoms with E-state index in [1.165, 1.54) is 6.07 Å². The van der Waals surface area contributed by atoms with E-state index in [0.717, 1.165) is 25.7 Å². The fourth-order valence-corrected chi connectivity index (χ4v) is 2.93. The first-order valence-corrected chi connectivity index (χ1v) is 7.10. The fourth-order valence-electron chi connectivity index (χ4n) is 2.93. The van der Waals surface area contributed by atoms with Gasteiger partial charge in [0.15, 0.2) is 0 Å². The maximum absolute atomic E-state index is 11.1. The van der Waals surface area contributed by atoms with Gasteiger partial charge in [0.2, 0.25) is 0 Å². The van der Waals surface area contributed by atoms with Gasteiger partial charge in [0.05, 0.1) is 15.9 Å². The van der Waals surface area contributed by atoms with Crippen LogP contribution in [0.4, 0.5) is 5.69 Å². The first-order valence-electron chi connectivity index (χ1n) is 7.10. The van der Waals surface area contributed by atoms with Crippen LogP contribution in [0.25, 0.3) is 10.8 Å². The highest BCUT2D eigenvalue weighted by Crippen LogP contribution is 2.35. The summed E-state index contributed by atoms with van der Waals surface area (Å²) in [5.41, 5.74) is -0.694. The van der Waals surface area contributed by atoms with Crippen LogP contribution in [-0.4, -0.2) is 22.2 Å². The van der Waals surface area contributed by atoms with Crippen LogP contribution in [0.2, 0.25) is 0 Å². The van der Waals surface area contributed by atoms with Gasteiger partial charge in [0, 0.05) is 11.5 Å². The Morgan fingerprint density at radius 1 is 1.14 bits per heavy atom. The quantitative estimate of drug-likeness (QED) is 0.690. The number of nitro groups is 1. The zero-order valence-electron chi connectivity index (χ0n) is 11.6. The maximum atomic E-state index is 11.1. The van der Waals surface area contributed by atoms with Crippen LogP contribution in [0.3, 0.4) is 0 Å². The lowest BCUT2D eigenvalue weighted by Crippen LogP contribution is -2.32. The van der Waals surface area contributed by atoms with Gasteiger partial charge in [-0.2, -0.15) is 0 Å². The van der Waals surface area contributed by atoms with E-state index in [-0.39, 0.29) is 12.3 Å². The number of ether oxygens (including phenoxy) is 1. The Hall–Kier alpha value is -2.14. The minimum absolute atomic E-state index is 0.0672. The van der Waals surface area contributed by atoms with Crippen molar-refractivity contribution in [3.8, 4) is 5.75 Å². The van der Waals surface area contributed by atoms with E-state index in [1.807, 2.05) is 6.07 Å². The van der Waals surface area contributed by atoms with Crippen molar-refractivity contribution in [1.82, 2.24) is 0 Å². The molecule has 2 aromatic carbocycles. The third-order valence-electron chi connectivity index (χ3n) is 4.09. The van der Waals surface area contributed by atoms with Gasteiger partial charge in [-0.3, -0.25) is 10.1 Å². The van der Waals surface area contributed by atoms with Gasteiger partial charge in [-0.25, -0.2) is 0 Å². The highest BCUT2D eigenvalue weighted by molar-refractivity contribution is 5.95. The first-order chi connectivity index (χ1) is 10.1. The molecular weight excluding hydrogens is 270 g/mol. The lowest BCUT2D eigenvalue weighted by atomic mass is 10.0. The number of benzene rings is 2. The van der Waals surface area contributed by atoms with E-state index in [9.17, 15) is 15.2 Å². The zero-order valence-corrected chi connectivity index (χ0v) is 11.6. The standard InChI is InChI=1S/C16H17NO4/c18-16(9-3-4-10-16)11-21-15-8-7-14(17(19)20)12-5-1-2-6-13(12)15/h1-2,5-8,18H,3-4,9-11H2. The van der Waals surface area contributed by atoms with E-state index in [4.69, 9.17) is 4.74 Å². The van der Waals surface area contributed by atoms with Gasteiger partial charge in [-0.05, 0) is 25.0 Å². The normalized spacial score (nSPS) is 17.0. The Morgan fingerprint density at radius 2 is 1.81 bits per heavy atom. The Labute approximate surface area is 122 Å². The number of aliphatic hydroxyl groups is 1. The molecule has 2 aromatic rings. The van der Waals surface area contributed by atoms with E-state index in [1.54, 1.807) is 24.3 Å². The first kappa shape index (κ1) is 13.8. The maximum Gasteiger partial charge on any atom is 0.277 e. The van der Waals surface area contributed by atoms with Crippen LogP contribution >= 0.6 is 0 Å². The van der Waals surface area contributed by atoms with Crippen LogP contribution in [0.15, 0.2) is 36.4 Å². The molecule has 0 aromatic heterocycles. The minimum atomic E-state index is -0.761. The molecule has 5 heteroatoms. The molecule has 1 fully saturated rings. The third kappa shape index (κ3) is 2.69. The second kappa shape index (κ2) is 5.33. The molecule has 0 atom stereocenters. The van der Waals surface area contributed by atoms with Gasteiger partial charge >= 0.3 is 0 Å². The monoisotopic (exact) mass is 287 g/mol. The SMILES string of the molecule is O=[N+]([O-])c1ccc(OCC2(O)CCCC2)c2ccccc12. The second-order valence-corrected chi connectivity index (χ2v) is 5.61. The minimum Gasteiger partial charge on any atom is -0.490 e. The lowest BCUT2D eigenvalue weighted by Gasteiger charge is -2.22. The van der Waals surface area contributed by atoms with Gasteiger partial charge in [-0.1, -0.05) is 31.0 Å². The Kier molecular flexibility index (Phi) is 3.51. The predicted octanol–water partition coefficient (Wildman–Crippen LogP) is 3.43. The van der Waals surface area contributed by atoms with Crippen molar-refractivity contribution in [2.24, 2.45) is 0 Å². The topological polar surface area (TPSA) is 72.6 Å². The van der Waals surface area contributed by atoms with Crippen LogP contribution < -0.4 is 4.74 Å². The summed E-state index contributed by atoms with van der Waals surface area (Å²) in [5, 5.41) is 22.7. The van der Waals surface area contributed by atoms with Crippen molar-refractivity contribution in [3.05, 3.63) is 46.5 Å². The van der Waals surface area contributed by atoms with Crippen LogP contribution in [0, 0.1) is 10.1 Å². The second-order valence-electron chi connectivity index (χ2n) is 5.61. The summed E-state index contributed by atoms with van der Waals surface area (Å²) in [6, 6.07) is 10.2. The Balaban J connectivity index is 1.92. The average Bonchev–Trinajstić information content (AvgIpc) is 2.91. The van der Waals surface area contributed by atoms with Gasteiger partial charge < -0.3 is 9.84 Å². The molecule has 1 aliphatic rings. The van der Waals surface area contributed by atoms with Gasteiger partial charge in [0.25, 0.3) is 5.69 Å². The molecule has 0 aliphatic heterocycles. The smallest absolute Gasteiger partial charge is 0.277 e. The summed E-state index contributed by atoms with van der Waals surface area (Å²) in [7, 11) is 0. The van der Waals surface area contributed by atoms with E-state index in [0.29, 0.717) is 16.5 Å². The van der Waals surface area contributed by atoms with Crippen molar-refractivity contribution >= 4 is 16.5 Å². The van der Waals surface area contributed by atoms with Crippen molar-refractivity contribution in [2.45, 2.75) is 31.3 Å². The van der Waals surface area contributed by atoms with Gasteiger partial charge in [-0.15, -0.1) is 0 Å².